The highest BCUT2D eigenvalue weighted by Crippen LogP contribution is 2.44. The number of rotatable bonds is 7. The van der Waals surface area contributed by atoms with Gasteiger partial charge in [-0.2, -0.15) is 0 Å². The Hall–Kier alpha value is -10.3. The second-order valence-electron chi connectivity index (χ2n) is 19.7. The first-order valence-corrected chi connectivity index (χ1v) is 25.7. The third kappa shape index (κ3) is 6.54. The molecule has 16 aromatic rings. The van der Waals surface area contributed by atoms with Crippen LogP contribution in [0.4, 0.5) is 0 Å². The molecule has 0 radical (unpaired) electrons. The topological polar surface area (TPSA) is 61.9 Å². The molecule has 76 heavy (non-hydrogen) atoms. The van der Waals surface area contributed by atoms with E-state index in [1.165, 1.54) is 21.5 Å². The fraction of sp³-hybridized carbons (Fsp3) is 0. The Balaban J connectivity index is 0.983. The number of furan rings is 2. The SMILES string of the molecule is c1ccc(-c2cc(-c3cc(-n4c5ccccc5c5ccccc54)cc(-n4c5ccccc5c5ccccc54)c3)nc(-c3cc(-c4cccc5c4oc4ccccc45)cc(-c4cccc5c4oc4ccccc45)c3)n2)cc1. The minimum Gasteiger partial charge on any atom is -0.455 e. The number of benzene rings is 11. The van der Waals surface area contributed by atoms with Gasteiger partial charge in [0.1, 0.15) is 22.3 Å². The van der Waals surface area contributed by atoms with Gasteiger partial charge in [-0.05, 0) is 90.0 Å². The second-order valence-corrected chi connectivity index (χ2v) is 19.7. The standard InChI is InChI=1S/C70H42N4O2/c1-2-18-43(19-3-1)60-42-61(46-39-48(73-62-30-10-4-20-52(62)53-21-5-11-31-63(53)73)41-49(40-46)74-64-32-12-6-22-54(64)55-23-7-13-33-65(55)74)72-70(71-60)47-37-44(50-26-16-28-58-56-24-8-14-34-66(56)75-68(50)58)36-45(38-47)51-27-17-29-59-57-25-9-15-35-67(57)76-69(51)59/h1-42H. The third-order valence-corrected chi connectivity index (χ3v) is 15.3. The zero-order valence-corrected chi connectivity index (χ0v) is 40.9. The molecule has 0 atom stereocenters. The lowest BCUT2D eigenvalue weighted by molar-refractivity contribution is 0.670. The van der Waals surface area contributed by atoms with E-state index < -0.39 is 0 Å². The Morgan fingerprint density at radius 2 is 0.645 bits per heavy atom. The Kier molecular flexibility index (Phi) is 9.23. The molecule has 0 bridgehead atoms. The van der Waals surface area contributed by atoms with Crippen molar-refractivity contribution in [1.29, 1.82) is 0 Å². The van der Waals surface area contributed by atoms with Gasteiger partial charge in [0.2, 0.25) is 0 Å². The molecular weight excluding hydrogens is 929 g/mol. The molecule has 16 rings (SSSR count). The van der Waals surface area contributed by atoms with Crippen LogP contribution in [0.25, 0.3) is 155 Å². The van der Waals surface area contributed by atoms with Crippen LogP contribution in [0, 0.1) is 0 Å². The number of para-hydroxylation sites is 8. The van der Waals surface area contributed by atoms with Crippen molar-refractivity contribution in [3.05, 3.63) is 255 Å². The monoisotopic (exact) mass is 970 g/mol. The Morgan fingerprint density at radius 1 is 0.263 bits per heavy atom. The van der Waals surface area contributed by atoms with Crippen LogP contribution in [0.5, 0.6) is 0 Å². The fourth-order valence-electron chi connectivity index (χ4n) is 11.9. The molecule has 0 N–H and O–H groups in total. The average molecular weight is 971 g/mol. The van der Waals surface area contributed by atoms with E-state index in [2.05, 4.69) is 234 Å². The van der Waals surface area contributed by atoms with Crippen molar-refractivity contribution in [2.24, 2.45) is 0 Å². The van der Waals surface area contributed by atoms with Gasteiger partial charge in [0.05, 0.1) is 33.5 Å². The zero-order chi connectivity index (χ0) is 49.8. The van der Waals surface area contributed by atoms with Crippen LogP contribution in [-0.4, -0.2) is 19.1 Å². The van der Waals surface area contributed by atoms with Crippen LogP contribution in [0.3, 0.4) is 0 Å². The highest BCUT2D eigenvalue weighted by molar-refractivity contribution is 6.13. The molecule has 6 nitrogen and oxygen atoms in total. The minimum absolute atomic E-state index is 0.591. The van der Waals surface area contributed by atoms with Crippen molar-refractivity contribution >= 4 is 87.5 Å². The first kappa shape index (κ1) is 42.2. The maximum absolute atomic E-state index is 6.73. The van der Waals surface area contributed by atoms with Gasteiger partial charge in [0.25, 0.3) is 0 Å². The van der Waals surface area contributed by atoms with Crippen molar-refractivity contribution in [1.82, 2.24) is 19.1 Å². The first-order chi connectivity index (χ1) is 37.7. The van der Waals surface area contributed by atoms with Gasteiger partial charge >= 0.3 is 0 Å². The minimum atomic E-state index is 0.591. The average Bonchev–Trinajstić information content (AvgIpc) is 4.32. The highest BCUT2D eigenvalue weighted by Gasteiger charge is 2.22. The van der Waals surface area contributed by atoms with E-state index in [1.54, 1.807) is 0 Å². The van der Waals surface area contributed by atoms with Crippen LogP contribution in [0.1, 0.15) is 0 Å². The van der Waals surface area contributed by atoms with Crippen molar-refractivity contribution in [3.8, 4) is 67.5 Å². The summed E-state index contributed by atoms with van der Waals surface area (Å²) in [6.45, 7) is 0. The van der Waals surface area contributed by atoms with E-state index in [1.807, 2.05) is 30.3 Å². The Bertz CT molecular complexity index is 4640. The fourth-order valence-corrected chi connectivity index (χ4v) is 11.9. The van der Waals surface area contributed by atoms with Gasteiger partial charge in [-0.25, -0.2) is 9.97 Å². The van der Waals surface area contributed by atoms with Crippen LogP contribution < -0.4 is 0 Å². The summed E-state index contributed by atoms with van der Waals surface area (Å²) in [7, 11) is 0. The predicted molar refractivity (Wildman–Crippen MR) is 312 cm³/mol. The molecule has 0 aliphatic heterocycles. The summed E-state index contributed by atoms with van der Waals surface area (Å²) in [5.74, 6) is 0.591. The summed E-state index contributed by atoms with van der Waals surface area (Å²) >= 11 is 0. The summed E-state index contributed by atoms with van der Waals surface area (Å²) in [6.07, 6.45) is 0. The molecule has 0 unspecified atom stereocenters. The van der Waals surface area contributed by atoms with Gasteiger partial charge in [0, 0.05) is 82.3 Å². The molecule has 0 saturated heterocycles. The van der Waals surface area contributed by atoms with E-state index in [0.29, 0.717) is 5.82 Å². The lowest BCUT2D eigenvalue weighted by Gasteiger charge is -2.17. The van der Waals surface area contributed by atoms with Crippen molar-refractivity contribution < 1.29 is 8.83 Å². The van der Waals surface area contributed by atoms with E-state index in [4.69, 9.17) is 18.8 Å². The van der Waals surface area contributed by atoms with Gasteiger partial charge in [-0.1, -0.05) is 176 Å². The maximum atomic E-state index is 6.73. The van der Waals surface area contributed by atoms with Gasteiger partial charge in [-0.15, -0.1) is 0 Å². The lowest BCUT2D eigenvalue weighted by atomic mass is 9.93. The molecule has 5 aromatic heterocycles. The van der Waals surface area contributed by atoms with E-state index >= 15 is 0 Å². The van der Waals surface area contributed by atoms with E-state index in [9.17, 15) is 0 Å². The second kappa shape index (κ2) is 16.6. The van der Waals surface area contributed by atoms with Crippen LogP contribution in [0.2, 0.25) is 0 Å². The highest BCUT2D eigenvalue weighted by atomic mass is 16.3. The van der Waals surface area contributed by atoms with E-state index in [-0.39, 0.29) is 0 Å². The van der Waals surface area contributed by atoms with Crippen LogP contribution >= 0.6 is 0 Å². The van der Waals surface area contributed by atoms with Crippen molar-refractivity contribution in [3.63, 3.8) is 0 Å². The summed E-state index contributed by atoms with van der Waals surface area (Å²) < 4.78 is 18.3. The Labute approximate surface area is 435 Å². The molecule has 354 valence electrons. The van der Waals surface area contributed by atoms with Crippen LogP contribution in [0.15, 0.2) is 264 Å². The van der Waals surface area contributed by atoms with Crippen molar-refractivity contribution in [2.75, 3.05) is 0 Å². The van der Waals surface area contributed by atoms with E-state index in [0.717, 1.165) is 128 Å². The number of hydrogen-bond acceptors (Lipinski definition) is 4. The third-order valence-electron chi connectivity index (χ3n) is 15.3. The number of hydrogen-bond donors (Lipinski definition) is 0. The normalized spacial score (nSPS) is 11.9. The first-order valence-electron chi connectivity index (χ1n) is 25.7. The molecule has 0 saturated carbocycles. The molecule has 5 heterocycles. The predicted octanol–water partition coefficient (Wildman–Crippen LogP) is 18.8. The molecule has 0 aliphatic carbocycles. The molecule has 0 amide bonds. The van der Waals surface area contributed by atoms with Gasteiger partial charge in [-0.3, -0.25) is 0 Å². The molecular formula is C70H42N4O2. The molecule has 11 aromatic carbocycles. The maximum Gasteiger partial charge on any atom is 0.160 e. The molecule has 0 aliphatic rings. The van der Waals surface area contributed by atoms with Crippen LogP contribution in [-0.2, 0) is 0 Å². The number of fused-ring (bicyclic) bond motifs is 12. The largest absolute Gasteiger partial charge is 0.455 e. The molecule has 0 spiro atoms. The molecule has 6 heteroatoms. The zero-order valence-electron chi connectivity index (χ0n) is 40.9. The van der Waals surface area contributed by atoms with Crippen molar-refractivity contribution in [2.45, 2.75) is 0 Å². The quantitative estimate of drug-likeness (QED) is 0.160. The summed E-state index contributed by atoms with van der Waals surface area (Å²) in [5, 5.41) is 9.08. The summed E-state index contributed by atoms with van der Waals surface area (Å²) in [4.78, 5) is 11.2. The Morgan fingerprint density at radius 3 is 1.12 bits per heavy atom. The van der Waals surface area contributed by atoms with Gasteiger partial charge in [0.15, 0.2) is 5.82 Å². The number of aromatic nitrogens is 4. The summed E-state index contributed by atoms with van der Waals surface area (Å²) in [6, 6.07) is 90.3. The summed E-state index contributed by atoms with van der Waals surface area (Å²) in [5.41, 5.74) is 18.2. The van der Waals surface area contributed by atoms with Gasteiger partial charge < -0.3 is 18.0 Å². The lowest BCUT2D eigenvalue weighted by Crippen LogP contribution is -2.02. The number of nitrogens with zero attached hydrogens (tertiary/aromatic N) is 4. The smallest absolute Gasteiger partial charge is 0.160 e. The molecule has 0 fully saturated rings.